The van der Waals surface area contributed by atoms with Crippen molar-refractivity contribution in [2.75, 3.05) is 13.2 Å². The molecule has 1 saturated carbocycles. The molecule has 2 unspecified atom stereocenters. The molecule has 0 aromatic heterocycles. The Balaban J connectivity index is 1.83. The van der Waals surface area contributed by atoms with E-state index in [4.69, 9.17) is 4.74 Å². The lowest BCUT2D eigenvalue weighted by Crippen LogP contribution is -2.49. The van der Waals surface area contributed by atoms with Gasteiger partial charge < -0.3 is 9.64 Å². The van der Waals surface area contributed by atoms with Crippen LogP contribution in [-0.2, 0) is 9.53 Å². The third-order valence-corrected chi connectivity index (χ3v) is 5.61. The Morgan fingerprint density at radius 1 is 1.25 bits per heavy atom. The lowest BCUT2D eigenvalue weighted by Gasteiger charge is -2.37. The average molecular weight is 280 g/mol. The highest BCUT2D eigenvalue weighted by Crippen LogP contribution is 2.37. The van der Waals surface area contributed by atoms with Gasteiger partial charge in [-0.3, -0.25) is 10.1 Å². The summed E-state index contributed by atoms with van der Waals surface area (Å²) in [7, 11) is 0. The summed E-state index contributed by atoms with van der Waals surface area (Å²) in [6.45, 7) is 5.80. The monoisotopic (exact) mass is 280 g/mol. The minimum absolute atomic E-state index is 0.262. The van der Waals surface area contributed by atoms with Crippen LogP contribution < -0.4 is 5.32 Å². The van der Waals surface area contributed by atoms with E-state index < -0.39 is 0 Å². The number of amides is 1. The highest BCUT2D eigenvalue weighted by Gasteiger charge is 2.51. The van der Waals surface area contributed by atoms with Crippen LogP contribution in [0.4, 0.5) is 0 Å². The maximum Gasteiger partial charge on any atom is 0.244 e. The van der Waals surface area contributed by atoms with Crippen molar-refractivity contribution in [1.29, 1.82) is 0 Å². The van der Waals surface area contributed by atoms with Gasteiger partial charge in [-0.2, -0.15) is 0 Å². The average Bonchev–Trinajstić information content (AvgIpc) is 3.08. The third-order valence-electron chi connectivity index (χ3n) is 5.61. The van der Waals surface area contributed by atoms with Crippen molar-refractivity contribution in [3.05, 3.63) is 0 Å². The number of nitrogens with zero attached hydrogens (tertiary/aromatic N) is 1. The van der Waals surface area contributed by atoms with Crippen LogP contribution >= 0.6 is 0 Å². The van der Waals surface area contributed by atoms with Crippen molar-refractivity contribution < 1.29 is 9.53 Å². The summed E-state index contributed by atoms with van der Waals surface area (Å²) in [5, 5.41) is 3.69. The zero-order chi connectivity index (χ0) is 14.2. The number of carbonyl (C=O) groups is 1. The van der Waals surface area contributed by atoms with Gasteiger partial charge in [-0.1, -0.05) is 19.8 Å². The summed E-state index contributed by atoms with van der Waals surface area (Å²) in [4.78, 5) is 15.2. The Morgan fingerprint density at radius 2 is 1.90 bits per heavy atom. The fraction of sp³-hybridized carbons (Fsp3) is 0.938. The van der Waals surface area contributed by atoms with Crippen LogP contribution in [0.5, 0.6) is 0 Å². The molecule has 0 bridgehead atoms. The lowest BCUT2D eigenvalue weighted by atomic mass is 9.98. The SMILES string of the molecule is CCC1(C)NC(C2CCCC2)N(C2CCOCC2)C1=O. The van der Waals surface area contributed by atoms with Gasteiger partial charge in [-0.25, -0.2) is 0 Å². The molecule has 3 fully saturated rings. The number of ether oxygens (including phenoxy) is 1. The van der Waals surface area contributed by atoms with Crippen LogP contribution in [-0.4, -0.2) is 41.8 Å². The number of rotatable bonds is 3. The normalized spacial score (nSPS) is 37.0. The summed E-state index contributed by atoms with van der Waals surface area (Å²) < 4.78 is 5.48. The summed E-state index contributed by atoms with van der Waals surface area (Å²) in [6, 6.07) is 0.378. The van der Waals surface area contributed by atoms with Gasteiger partial charge in [-0.15, -0.1) is 0 Å². The number of hydrogen-bond acceptors (Lipinski definition) is 3. The standard InChI is InChI=1S/C16H28N2O2/c1-3-16(2)15(19)18(13-8-10-20-11-9-13)14(17-16)12-6-4-5-7-12/h12-14,17H,3-11H2,1-2H3. The molecule has 3 rings (SSSR count). The first-order chi connectivity index (χ1) is 9.65. The van der Waals surface area contributed by atoms with Crippen LogP contribution in [0.25, 0.3) is 0 Å². The largest absolute Gasteiger partial charge is 0.381 e. The first-order valence-corrected chi connectivity index (χ1v) is 8.34. The van der Waals surface area contributed by atoms with Gasteiger partial charge in [0.2, 0.25) is 5.91 Å². The summed E-state index contributed by atoms with van der Waals surface area (Å²) in [5.41, 5.74) is -0.356. The molecular weight excluding hydrogens is 252 g/mol. The van der Waals surface area contributed by atoms with Crippen LogP contribution in [0.2, 0.25) is 0 Å². The molecule has 2 heterocycles. The van der Waals surface area contributed by atoms with Gasteiger partial charge >= 0.3 is 0 Å². The predicted molar refractivity (Wildman–Crippen MR) is 78.3 cm³/mol. The molecule has 20 heavy (non-hydrogen) atoms. The molecule has 1 amide bonds. The molecule has 3 aliphatic rings. The second-order valence-corrected chi connectivity index (χ2v) is 6.88. The second-order valence-electron chi connectivity index (χ2n) is 6.88. The molecule has 1 aliphatic carbocycles. The number of nitrogens with one attached hydrogen (secondary N) is 1. The van der Waals surface area contributed by atoms with Crippen molar-refractivity contribution in [2.45, 2.75) is 76.5 Å². The van der Waals surface area contributed by atoms with Crippen molar-refractivity contribution in [3.8, 4) is 0 Å². The predicted octanol–water partition coefficient (Wildman–Crippen LogP) is 2.28. The zero-order valence-electron chi connectivity index (χ0n) is 12.9. The fourth-order valence-electron chi connectivity index (χ4n) is 4.10. The number of hydrogen-bond donors (Lipinski definition) is 1. The molecular formula is C16H28N2O2. The molecule has 2 aliphatic heterocycles. The Labute approximate surface area is 122 Å². The van der Waals surface area contributed by atoms with Crippen LogP contribution in [0, 0.1) is 5.92 Å². The molecule has 4 heteroatoms. The Hall–Kier alpha value is -0.610. The van der Waals surface area contributed by atoms with Crippen molar-refractivity contribution in [3.63, 3.8) is 0 Å². The Bertz CT molecular complexity index is 361. The summed E-state index contributed by atoms with van der Waals surface area (Å²) in [5.74, 6) is 0.971. The first-order valence-electron chi connectivity index (χ1n) is 8.34. The van der Waals surface area contributed by atoms with E-state index in [1.54, 1.807) is 0 Å². The van der Waals surface area contributed by atoms with Crippen molar-refractivity contribution in [2.24, 2.45) is 5.92 Å². The van der Waals surface area contributed by atoms with Crippen LogP contribution in [0.1, 0.15) is 58.8 Å². The number of carbonyl (C=O) groups excluding carboxylic acids is 1. The first kappa shape index (κ1) is 14.3. The molecule has 2 atom stereocenters. The quantitative estimate of drug-likeness (QED) is 0.862. The van der Waals surface area contributed by atoms with Gasteiger partial charge in [0.25, 0.3) is 0 Å². The van der Waals surface area contributed by atoms with E-state index in [2.05, 4.69) is 24.1 Å². The van der Waals surface area contributed by atoms with E-state index in [1.807, 2.05) is 0 Å². The third kappa shape index (κ3) is 2.37. The zero-order valence-corrected chi connectivity index (χ0v) is 12.9. The molecule has 0 aromatic carbocycles. The van der Waals surface area contributed by atoms with Crippen molar-refractivity contribution >= 4 is 5.91 Å². The molecule has 114 valence electrons. The van der Waals surface area contributed by atoms with Gasteiger partial charge in [0.05, 0.1) is 11.7 Å². The van der Waals surface area contributed by atoms with E-state index in [9.17, 15) is 4.79 Å². The maximum atomic E-state index is 12.9. The molecule has 4 nitrogen and oxygen atoms in total. The van der Waals surface area contributed by atoms with Crippen LogP contribution in [0.3, 0.4) is 0 Å². The van der Waals surface area contributed by atoms with E-state index in [-0.39, 0.29) is 11.7 Å². The van der Waals surface area contributed by atoms with Crippen molar-refractivity contribution in [1.82, 2.24) is 10.2 Å². The lowest BCUT2D eigenvalue weighted by molar-refractivity contribution is -0.137. The summed E-state index contributed by atoms with van der Waals surface area (Å²) >= 11 is 0. The smallest absolute Gasteiger partial charge is 0.244 e. The molecule has 1 N–H and O–H groups in total. The van der Waals surface area contributed by atoms with E-state index in [0.29, 0.717) is 17.9 Å². The van der Waals surface area contributed by atoms with E-state index in [0.717, 1.165) is 32.5 Å². The highest BCUT2D eigenvalue weighted by molar-refractivity contribution is 5.88. The Kier molecular flexibility index (Phi) is 4.04. The fourth-order valence-corrected chi connectivity index (χ4v) is 4.10. The maximum absolute atomic E-state index is 12.9. The van der Waals surface area contributed by atoms with Gasteiger partial charge in [0.1, 0.15) is 0 Å². The molecule has 0 spiro atoms. The van der Waals surface area contributed by atoms with E-state index in [1.165, 1.54) is 25.7 Å². The minimum atomic E-state index is -0.356. The second kappa shape index (κ2) is 5.64. The highest BCUT2D eigenvalue weighted by atomic mass is 16.5. The van der Waals surface area contributed by atoms with E-state index >= 15 is 0 Å². The molecule has 0 aromatic rings. The molecule has 2 saturated heterocycles. The van der Waals surface area contributed by atoms with Gasteiger partial charge in [0, 0.05) is 19.3 Å². The topological polar surface area (TPSA) is 41.6 Å². The Morgan fingerprint density at radius 3 is 2.50 bits per heavy atom. The summed E-state index contributed by atoms with van der Waals surface area (Å²) in [6.07, 6.45) is 8.30. The van der Waals surface area contributed by atoms with Crippen LogP contribution in [0.15, 0.2) is 0 Å². The molecule has 0 radical (unpaired) electrons. The van der Waals surface area contributed by atoms with Gasteiger partial charge in [0.15, 0.2) is 0 Å². The minimum Gasteiger partial charge on any atom is -0.381 e. The van der Waals surface area contributed by atoms with Gasteiger partial charge in [-0.05, 0) is 44.9 Å².